The lowest BCUT2D eigenvalue weighted by molar-refractivity contribution is 0.483. The van der Waals surface area contributed by atoms with E-state index in [0.717, 1.165) is 66.9 Å². The van der Waals surface area contributed by atoms with Crippen molar-refractivity contribution < 1.29 is 4.74 Å². The molecule has 3 aromatic heterocycles. The predicted octanol–water partition coefficient (Wildman–Crippen LogP) is 12.6. The van der Waals surface area contributed by atoms with Crippen LogP contribution in [0.4, 0.5) is 0 Å². The van der Waals surface area contributed by atoms with Crippen LogP contribution in [0.25, 0.3) is 94.4 Å². The van der Waals surface area contributed by atoms with Crippen LogP contribution in [0.2, 0.25) is 0 Å². The van der Waals surface area contributed by atoms with Gasteiger partial charge in [0, 0.05) is 32.8 Å². The first kappa shape index (κ1) is 31.8. The molecule has 0 aliphatic carbocycles. The number of hydrogen-bond acceptors (Lipinski definition) is 5. The molecule has 262 valence electrons. The second-order valence-electron chi connectivity index (χ2n) is 13.9. The van der Waals surface area contributed by atoms with Crippen LogP contribution >= 0.6 is 0 Å². The van der Waals surface area contributed by atoms with Gasteiger partial charge in [0.15, 0.2) is 17.5 Å². The van der Waals surface area contributed by atoms with Gasteiger partial charge in [-0.1, -0.05) is 127 Å². The molecule has 0 spiro atoms. The molecule has 8 aromatic carbocycles. The van der Waals surface area contributed by atoms with Crippen molar-refractivity contribution in [2.75, 3.05) is 0 Å². The summed E-state index contributed by atoms with van der Waals surface area (Å²) >= 11 is 0. The summed E-state index contributed by atoms with van der Waals surface area (Å²) in [4.78, 5) is 19.7. The topological polar surface area (TPSA) is 65.2 Å². The van der Waals surface area contributed by atoms with Crippen molar-refractivity contribution in [2.24, 2.45) is 0 Å². The molecule has 6 nitrogen and oxygen atoms in total. The van der Waals surface area contributed by atoms with Gasteiger partial charge in [-0.25, -0.2) is 19.9 Å². The Morgan fingerprint density at radius 2 is 0.893 bits per heavy atom. The Bertz CT molecular complexity index is 3190. The number of hydrogen-bond donors (Lipinski definition) is 0. The summed E-state index contributed by atoms with van der Waals surface area (Å²) in [6, 6.07) is 64.3. The molecule has 56 heavy (non-hydrogen) atoms. The fourth-order valence-electron chi connectivity index (χ4n) is 7.77. The van der Waals surface area contributed by atoms with Gasteiger partial charge in [-0.15, -0.1) is 0 Å². The lowest BCUT2D eigenvalue weighted by Gasteiger charge is -2.13. The monoisotopic (exact) mass is 717 g/mol. The Morgan fingerprint density at radius 1 is 0.357 bits per heavy atom. The number of para-hydroxylation sites is 2. The number of fused-ring (bicyclic) bond motifs is 10. The van der Waals surface area contributed by atoms with E-state index in [-0.39, 0.29) is 0 Å². The maximum Gasteiger partial charge on any atom is 0.164 e. The fourth-order valence-corrected chi connectivity index (χ4v) is 7.77. The largest absolute Gasteiger partial charge is 0.457 e. The Labute approximate surface area is 322 Å². The second-order valence-corrected chi connectivity index (χ2v) is 13.9. The SMILES string of the molecule is c1ccc(-c2nc(-c3ccccc3)nc(-c3ccc(Oc4ccc(-c5ccc6c7c8ccccc8ccc7c7nc8ccccc8n7c6c5)cc4)cc3)n2)cc1. The van der Waals surface area contributed by atoms with Gasteiger partial charge in [-0.3, -0.25) is 4.40 Å². The first-order chi connectivity index (χ1) is 27.7. The van der Waals surface area contributed by atoms with Crippen LogP contribution in [0.1, 0.15) is 0 Å². The lowest BCUT2D eigenvalue weighted by atomic mass is 9.96. The molecule has 0 fully saturated rings. The zero-order valence-corrected chi connectivity index (χ0v) is 30.0. The maximum atomic E-state index is 6.34. The number of nitrogens with zero attached hydrogens (tertiary/aromatic N) is 5. The summed E-state index contributed by atoms with van der Waals surface area (Å²) in [5.74, 6) is 3.34. The van der Waals surface area contributed by atoms with Gasteiger partial charge in [0.25, 0.3) is 0 Å². The van der Waals surface area contributed by atoms with Crippen molar-refractivity contribution in [2.45, 2.75) is 0 Å². The number of rotatable bonds is 6. The van der Waals surface area contributed by atoms with Crippen LogP contribution in [0.5, 0.6) is 11.5 Å². The second kappa shape index (κ2) is 13.0. The molecule has 3 heterocycles. The van der Waals surface area contributed by atoms with Crippen LogP contribution in [-0.2, 0) is 0 Å². The zero-order chi connectivity index (χ0) is 37.0. The summed E-state index contributed by atoms with van der Waals surface area (Å²) in [7, 11) is 0. The molecule has 0 aliphatic rings. The molecule has 11 aromatic rings. The van der Waals surface area contributed by atoms with E-state index in [9.17, 15) is 0 Å². The highest BCUT2D eigenvalue weighted by molar-refractivity contribution is 6.24. The van der Waals surface area contributed by atoms with Crippen LogP contribution in [0, 0.1) is 0 Å². The highest BCUT2D eigenvalue weighted by Crippen LogP contribution is 2.38. The molecule has 0 unspecified atom stereocenters. The van der Waals surface area contributed by atoms with Gasteiger partial charge < -0.3 is 4.74 Å². The van der Waals surface area contributed by atoms with Crippen molar-refractivity contribution in [1.82, 2.24) is 24.3 Å². The minimum Gasteiger partial charge on any atom is -0.457 e. The van der Waals surface area contributed by atoms with Crippen molar-refractivity contribution in [3.63, 3.8) is 0 Å². The van der Waals surface area contributed by atoms with Gasteiger partial charge in [0.05, 0.1) is 16.6 Å². The Kier molecular flexibility index (Phi) is 7.38. The first-order valence-electron chi connectivity index (χ1n) is 18.6. The highest BCUT2D eigenvalue weighted by atomic mass is 16.5. The van der Waals surface area contributed by atoms with Crippen LogP contribution < -0.4 is 4.74 Å². The third kappa shape index (κ3) is 5.43. The summed E-state index contributed by atoms with van der Waals surface area (Å²) in [5.41, 5.74) is 9.14. The number of benzene rings is 8. The lowest BCUT2D eigenvalue weighted by Crippen LogP contribution is -2.00. The Hall–Kier alpha value is -7.70. The van der Waals surface area contributed by atoms with Gasteiger partial charge in [-0.2, -0.15) is 0 Å². The molecule has 0 saturated heterocycles. The molecular formula is C50H31N5O. The average Bonchev–Trinajstić information content (AvgIpc) is 3.67. The highest BCUT2D eigenvalue weighted by Gasteiger charge is 2.17. The normalized spacial score (nSPS) is 11.6. The zero-order valence-electron chi connectivity index (χ0n) is 30.0. The predicted molar refractivity (Wildman–Crippen MR) is 227 cm³/mol. The van der Waals surface area contributed by atoms with E-state index in [2.05, 4.69) is 95.4 Å². The number of ether oxygens (including phenoxy) is 1. The molecular weight excluding hydrogens is 687 g/mol. The van der Waals surface area contributed by atoms with Crippen molar-refractivity contribution in [3.8, 4) is 56.8 Å². The van der Waals surface area contributed by atoms with Crippen molar-refractivity contribution >= 4 is 49.1 Å². The number of aromatic nitrogens is 5. The van der Waals surface area contributed by atoms with Gasteiger partial charge >= 0.3 is 0 Å². The van der Waals surface area contributed by atoms with Crippen molar-refractivity contribution in [1.29, 1.82) is 0 Å². The van der Waals surface area contributed by atoms with E-state index in [1.807, 2.05) is 97.1 Å². The van der Waals surface area contributed by atoms with Gasteiger partial charge in [0.1, 0.15) is 17.1 Å². The number of pyridine rings is 1. The van der Waals surface area contributed by atoms with Crippen LogP contribution in [-0.4, -0.2) is 24.3 Å². The Morgan fingerprint density at radius 3 is 1.57 bits per heavy atom. The smallest absolute Gasteiger partial charge is 0.164 e. The summed E-state index contributed by atoms with van der Waals surface area (Å²) < 4.78 is 8.65. The van der Waals surface area contributed by atoms with Crippen molar-refractivity contribution in [3.05, 3.63) is 188 Å². The van der Waals surface area contributed by atoms with E-state index >= 15 is 0 Å². The summed E-state index contributed by atoms with van der Waals surface area (Å²) in [5, 5.41) is 6.03. The standard InChI is InChI=1S/C50H31N5O/c1-3-12-34(13-4-1)47-52-48(35-14-5-2-6-15-35)54-49(53-47)36-21-27-39(28-22-36)56-38-25-19-32(20-26-38)37-24-29-41-45(31-37)55-44-18-10-9-17-43(44)51-50(55)42-30-23-33-11-7-8-16-40(33)46(41)42/h1-31H. The Balaban J connectivity index is 0.923. The molecule has 6 heteroatoms. The molecule has 0 N–H and O–H groups in total. The molecule has 11 rings (SSSR count). The quantitative estimate of drug-likeness (QED) is 0.160. The van der Waals surface area contributed by atoms with Gasteiger partial charge in [-0.05, 0) is 82.6 Å². The minimum absolute atomic E-state index is 0.603. The molecule has 0 atom stereocenters. The van der Waals surface area contributed by atoms with Gasteiger partial charge in [0.2, 0.25) is 0 Å². The molecule has 0 radical (unpaired) electrons. The van der Waals surface area contributed by atoms with E-state index < -0.39 is 0 Å². The van der Waals surface area contributed by atoms with E-state index in [0.29, 0.717) is 17.5 Å². The van der Waals surface area contributed by atoms with Crippen LogP contribution in [0.3, 0.4) is 0 Å². The molecule has 0 aliphatic heterocycles. The first-order valence-corrected chi connectivity index (χ1v) is 18.6. The average molecular weight is 718 g/mol. The molecule has 0 saturated carbocycles. The van der Waals surface area contributed by atoms with Crippen LogP contribution in [0.15, 0.2) is 188 Å². The van der Waals surface area contributed by atoms with E-state index in [1.165, 1.54) is 21.5 Å². The number of imidazole rings is 1. The third-order valence-electron chi connectivity index (χ3n) is 10.5. The van der Waals surface area contributed by atoms with E-state index in [1.54, 1.807) is 0 Å². The summed E-state index contributed by atoms with van der Waals surface area (Å²) in [6.45, 7) is 0. The minimum atomic E-state index is 0.603. The molecule has 0 amide bonds. The van der Waals surface area contributed by atoms with E-state index in [4.69, 9.17) is 24.7 Å². The third-order valence-corrected chi connectivity index (χ3v) is 10.5. The maximum absolute atomic E-state index is 6.34. The summed E-state index contributed by atoms with van der Waals surface area (Å²) in [6.07, 6.45) is 0. The molecule has 0 bridgehead atoms. The fraction of sp³-hybridized carbons (Fsp3) is 0.